The maximum absolute atomic E-state index is 12.3. The summed E-state index contributed by atoms with van der Waals surface area (Å²) in [5.41, 5.74) is 0.555. The van der Waals surface area contributed by atoms with Gasteiger partial charge in [-0.25, -0.2) is 0 Å². The van der Waals surface area contributed by atoms with Crippen molar-refractivity contribution < 1.29 is 4.79 Å². The van der Waals surface area contributed by atoms with E-state index in [2.05, 4.69) is 17.6 Å². The Morgan fingerprint density at radius 2 is 2.00 bits per heavy atom. The molecule has 0 bridgehead atoms. The standard InChI is InChI=1S/C16H22Cl2N2O/c1-10-5-3-4-6-14(10)19-11(2)16(21)20-15-9-12(17)7-8-13(15)18/h7-11,14,19H,3-6H2,1-2H3,(H,20,21)/t10-,11-,14-/m0/s1. The molecule has 0 aliphatic heterocycles. The second-order valence-corrected chi connectivity index (χ2v) is 6.71. The van der Waals surface area contributed by atoms with Crippen LogP contribution in [0.2, 0.25) is 10.0 Å². The first kappa shape index (κ1) is 16.6. The topological polar surface area (TPSA) is 41.1 Å². The molecule has 5 heteroatoms. The van der Waals surface area contributed by atoms with E-state index in [0.717, 1.165) is 6.42 Å². The number of halogens is 2. The van der Waals surface area contributed by atoms with Crippen molar-refractivity contribution >= 4 is 34.8 Å². The van der Waals surface area contributed by atoms with Crippen LogP contribution in [0.1, 0.15) is 39.5 Å². The van der Waals surface area contributed by atoms with E-state index in [-0.39, 0.29) is 11.9 Å². The molecule has 0 saturated heterocycles. The number of rotatable bonds is 4. The summed E-state index contributed by atoms with van der Waals surface area (Å²) in [7, 11) is 0. The minimum absolute atomic E-state index is 0.0862. The van der Waals surface area contributed by atoms with Crippen LogP contribution in [-0.2, 0) is 4.79 Å². The summed E-state index contributed by atoms with van der Waals surface area (Å²) in [4.78, 5) is 12.3. The van der Waals surface area contributed by atoms with Crippen LogP contribution >= 0.6 is 23.2 Å². The third-order valence-electron chi connectivity index (χ3n) is 4.16. The van der Waals surface area contributed by atoms with Gasteiger partial charge in [0.2, 0.25) is 5.91 Å². The van der Waals surface area contributed by atoms with Crippen molar-refractivity contribution in [3.8, 4) is 0 Å². The van der Waals surface area contributed by atoms with E-state index in [4.69, 9.17) is 23.2 Å². The molecule has 3 nitrogen and oxygen atoms in total. The Morgan fingerprint density at radius 1 is 1.29 bits per heavy atom. The number of carbonyl (C=O) groups is 1. The summed E-state index contributed by atoms with van der Waals surface area (Å²) in [5.74, 6) is 0.528. The van der Waals surface area contributed by atoms with Gasteiger partial charge in [0, 0.05) is 11.1 Å². The minimum Gasteiger partial charge on any atom is -0.323 e. The average molecular weight is 329 g/mol. The summed E-state index contributed by atoms with van der Waals surface area (Å²) >= 11 is 12.0. The molecule has 0 radical (unpaired) electrons. The summed E-state index contributed by atoms with van der Waals surface area (Å²) in [5, 5.41) is 7.32. The number of hydrogen-bond acceptors (Lipinski definition) is 2. The van der Waals surface area contributed by atoms with Gasteiger partial charge in [0.1, 0.15) is 0 Å². The van der Waals surface area contributed by atoms with E-state index >= 15 is 0 Å². The first-order valence-corrected chi connectivity index (χ1v) is 8.25. The zero-order chi connectivity index (χ0) is 15.4. The van der Waals surface area contributed by atoms with Crippen LogP contribution in [0.15, 0.2) is 18.2 Å². The third kappa shape index (κ3) is 4.60. The number of benzene rings is 1. The molecule has 1 amide bonds. The predicted molar refractivity (Wildman–Crippen MR) is 89.1 cm³/mol. The minimum atomic E-state index is -0.259. The van der Waals surface area contributed by atoms with Crippen molar-refractivity contribution in [3.05, 3.63) is 28.2 Å². The third-order valence-corrected chi connectivity index (χ3v) is 4.72. The second kappa shape index (κ2) is 7.48. The molecule has 1 fully saturated rings. The number of amides is 1. The summed E-state index contributed by atoms with van der Waals surface area (Å²) in [6, 6.07) is 5.20. The van der Waals surface area contributed by atoms with Crippen molar-refractivity contribution in [2.24, 2.45) is 5.92 Å². The van der Waals surface area contributed by atoms with Crippen LogP contribution in [-0.4, -0.2) is 18.0 Å². The van der Waals surface area contributed by atoms with Crippen LogP contribution < -0.4 is 10.6 Å². The molecule has 2 N–H and O–H groups in total. The van der Waals surface area contributed by atoms with Crippen LogP contribution in [0.5, 0.6) is 0 Å². The van der Waals surface area contributed by atoms with Gasteiger partial charge in [-0.3, -0.25) is 4.79 Å². The summed E-state index contributed by atoms with van der Waals surface area (Å²) < 4.78 is 0. The quantitative estimate of drug-likeness (QED) is 0.854. The Bertz CT molecular complexity index is 507. The molecule has 1 aliphatic carbocycles. The first-order valence-electron chi connectivity index (χ1n) is 7.49. The van der Waals surface area contributed by atoms with Crippen molar-refractivity contribution in [1.29, 1.82) is 0 Å². The van der Waals surface area contributed by atoms with Gasteiger partial charge in [-0.05, 0) is 43.9 Å². The monoisotopic (exact) mass is 328 g/mol. The van der Waals surface area contributed by atoms with Gasteiger partial charge in [0.25, 0.3) is 0 Å². The number of hydrogen-bond donors (Lipinski definition) is 2. The zero-order valence-electron chi connectivity index (χ0n) is 12.5. The van der Waals surface area contributed by atoms with Gasteiger partial charge < -0.3 is 10.6 Å². The summed E-state index contributed by atoms with van der Waals surface area (Å²) in [6.45, 7) is 4.13. The maximum atomic E-state index is 12.3. The van der Waals surface area contributed by atoms with Gasteiger partial charge in [0.05, 0.1) is 16.8 Å². The smallest absolute Gasteiger partial charge is 0.241 e. The molecule has 21 heavy (non-hydrogen) atoms. The Morgan fingerprint density at radius 3 is 2.71 bits per heavy atom. The largest absolute Gasteiger partial charge is 0.323 e. The number of nitrogens with one attached hydrogen (secondary N) is 2. The fourth-order valence-electron chi connectivity index (χ4n) is 2.79. The first-order chi connectivity index (χ1) is 9.97. The number of anilines is 1. The van der Waals surface area contributed by atoms with E-state index in [1.54, 1.807) is 18.2 Å². The Labute approximate surface area is 136 Å². The van der Waals surface area contributed by atoms with Crippen LogP contribution in [0.3, 0.4) is 0 Å². The Hall–Kier alpha value is -0.770. The lowest BCUT2D eigenvalue weighted by molar-refractivity contribution is -0.118. The molecule has 1 saturated carbocycles. The van der Waals surface area contributed by atoms with Crippen molar-refractivity contribution in [2.45, 2.75) is 51.6 Å². The van der Waals surface area contributed by atoms with Gasteiger partial charge >= 0.3 is 0 Å². The van der Waals surface area contributed by atoms with Crippen LogP contribution in [0, 0.1) is 5.92 Å². The van der Waals surface area contributed by atoms with Crippen LogP contribution in [0.25, 0.3) is 0 Å². The highest BCUT2D eigenvalue weighted by Crippen LogP contribution is 2.26. The fraction of sp³-hybridized carbons (Fsp3) is 0.562. The Balaban J connectivity index is 1.94. The molecule has 0 spiro atoms. The van der Waals surface area contributed by atoms with Gasteiger partial charge in [-0.1, -0.05) is 43.0 Å². The Kier molecular flexibility index (Phi) is 5.91. The van der Waals surface area contributed by atoms with Crippen molar-refractivity contribution in [1.82, 2.24) is 5.32 Å². The maximum Gasteiger partial charge on any atom is 0.241 e. The van der Waals surface area contributed by atoms with E-state index in [0.29, 0.717) is 27.7 Å². The van der Waals surface area contributed by atoms with Gasteiger partial charge in [0.15, 0.2) is 0 Å². The van der Waals surface area contributed by atoms with Gasteiger partial charge in [-0.15, -0.1) is 0 Å². The molecule has 0 aromatic heterocycles. The zero-order valence-corrected chi connectivity index (χ0v) is 14.0. The molecule has 2 rings (SSSR count). The lowest BCUT2D eigenvalue weighted by Crippen LogP contribution is -2.47. The molecule has 0 unspecified atom stereocenters. The molecular weight excluding hydrogens is 307 g/mol. The highest BCUT2D eigenvalue weighted by molar-refractivity contribution is 6.35. The highest BCUT2D eigenvalue weighted by atomic mass is 35.5. The molecule has 1 aliphatic rings. The van der Waals surface area contributed by atoms with Gasteiger partial charge in [-0.2, -0.15) is 0 Å². The van der Waals surface area contributed by atoms with Crippen LogP contribution in [0.4, 0.5) is 5.69 Å². The SMILES string of the molecule is C[C@H](N[C@H]1CCCC[C@@H]1C)C(=O)Nc1cc(Cl)ccc1Cl. The van der Waals surface area contributed by atoms with E-state index in [9.17, 15) is 4.79 Å². The number of carbonyl (C=O) groups excluding carboxylic acids is 1. The fourth-order valence-corrected chi connectivity index (χ4v) is 3.13. The molecule has 0 heterocycles. The average Bonchev–Trinajstić information content (AvgIpc) is 2.45. The summed E-state index contributed by atoms with van der Waals surface area (Å²) in [6.07, 6.45) is 4.89. The molecule has 116 valence electrons. The predicted octanol–water partition coefficient (Wildman–Crippen LogP) is 4.49. The van der Waals surface area contributed by atoms with E-state index < -0.39 is 0 Å². The normalized spacial score (nSPS) is 23.6. The second-order valence-electron chi connectivity index (χ2n) is 5.87. The van der Waals surface area contributed by atoms with E-state index in [1.165, 1.54) is 19.3 Å². The molecule has 1 aromatic rings. The highest BCUT2D eigenvalue weighted by Gasteiger charge is 2.25. The molecule has 1 aromatic carbocycles. The lowest BCUT2D eigenvalue weighted by Gasteiger charge is -2.31. The van der Waals surface area contributed by atoms with E-state index in [1.807, 2.05) is 6.92 Å². The molecular formula is C16H22Cl2N2O. The molecule has 3 atom stereocenters. The van der Waals surface area contributed by atoms with Crippen molar-refractivity contribution in [3.63, 3.8) is 0 Å². The van der Waals surface area contributed by atoms with Crippen molar-refractivity contribution in [2.75, 3.05) is 5.32 Å². The lowest BCUT2D eigenvalue weighted by atomic mass is 9.85.